The molecule has 1 unspecified atom stereocenters. The smallest absolute Gasteiger partial charge is 0.0809 e. The lowest BCUT2D eigenvalue weighted by Crippen LogP contribution is -2.20. The van der Waals surface area contributed by atoms with Gasteiger partial charge in [0, 0.05) is 12.2 Å². The van der Waals surface area contributed by atoms with Crippen molar-refractivity contribution in [2.45, 2.75) is 31.7 Å². The molecule has 2 nitrogen and oxygen atoms in total. The van der Waals surface area contributed by atoms with Crippen LogP contribution in [0.1, 0.15) is 37.3 Å². The van der Waals surface area contributed by atoms with Gasteiger partial charge in [0.1, 0.15) is 0 Å². The van der Waals surface area contributed by atoms with E-state index >= 15 is 0 Å². The van der Waals surface area contributed by atoms with Crippen molar-refractivity contribution in [2.75, 3.05) is 0 Å². The second-order valence-corrected chi connectivity index (χ2v) is 5.66. The van der Waals surface area contributed by atoms with Crippen LogP contribution in [0, 0.1) is 5.92 Å². The number of fused-ring (bicyclic) bond motifs is 1. The number of thiophene rings is 1. The number of nitrogens with zero attached hydrogens (tertiary/aromatic N) is 1. The minimum absolute atomic E-state index is 0.171. The molecule has 0 aromatic carbocycles. The zero-order valence-corrected chi connectivity index (χ0v) is 10.0. The van der Waals surface area contributed by atoms with Gasteiger partial charge in [-0.3, -0.25) is 4.98 Å². The number of rotatable bonds is 3. The number of nitrogens with two attached hydrogens (primary N) is 1. The highest BCUT2D eigenvalue weighted by molar-refractivity contribution is 7.17. The van der Waals surface area contributed by atoms with Crippen molar-refractivity contribution in [3.05, 3.63) is 29.3 Å². The van der Waals surface area contributed by atoms with Crippen LogP contribution in [0.4, 0.5) is 0 Å². The van der Waals surface area contributed by atoms with Gasteiger partial charge in [0.25, 0.3) is 0 Å². The van der Waals surface area contributed by atoms with E-state index in [0.29, 0.717) is 0 Å². The molecule has 0 aliphatic heterocycles. The van der Waals surface area contributed by atoms with Crippen LogP contribution in [-0.4, -0.2) is 4.98 Å². The molecule has 2 heterocycles. The van der Waals surface area contributed by atoms with Crippen molar-refractivity contribution in [3.8, 4) is 0 Å². The third-order valence-electron chi connectivity index (χ3n) is 3.56. The fraction of sp³-hybridized carbons (Fsp3) is 0.462. The summed E-state index contributed by atoms with van der Waals surface area (Å²) in [4.78, 5) is 4.44. The first-order valence-electron chi connectivity index (χ1n) is 5.91. The Morgan fingerprint density at radius 2 is 2.38 bits per heavy atom. The van der Waals surface area contributed by atoms with Crippen LogP contribution in [-0.2, 0) is 0 Å². The minimum atomic E-state index is 0.171. The average Bonchev–Trinajstić information content (AvgIpc) is 2.69. The molecule has 1 aliphatic rings. The molecule has 16 heavy (non-hydrogen) atoms. The summed E-state index contributed by atoms with van der Waals surface area (Å²) in [6, 6.07) is 4.43. The van der Waals surface area contributed by atoms with Crippen LogP contribution in [0.3, 0.4) is 0 Å². The molecule has 2 aromatic heterocycles. The molecule has 1 fully saturated rings. The maximum atomic E-state index is 6.23. The zero-order valence-electron chi connectivity index (χ0n) is 9.23. The van der Waals surface area contributed by atoms with Crippen molar-refractivity contribution in [2.24, 2.45) is 11.7 Å². The summed E-state index contributed by atoms with van der Waals surface area (Å²) in [7, 11) is 0. The molecular weight excluding hydrogens is 216 g/mol. The Morgan fingerprint density at radius 1 is 1.50 bits per heavy atom. The van der Waals surface area contributed by atoms with Crippen molar-refractivity contribution in [3.63, 3.8) is 0 Å². The molecule has 0 bridgehead atoms. The van der Waals surface area contributed by atoms with E-state index in [2.05, 4.69) is 22.5 Å². The third-order valence-corrected chi connectivity index (χ3v) is 4.42. The fourth-order valence-corrected chi connectivity index (χ4v) is 3.08. The molecule has 0 saturated heterocycles. The van der Waals surface area contributed by atoms with E-state index in [1.165, 1.54) is 29.5 Å². The SMILES string of the molecule is NC(CC1CCC1)c1cnc2ccsc2c1. The molecule has 0 radical (unpaired) electrons. The van der Waals surface area contributed by atoms with Gasteiger partial charge in [-0.2, -0.15) is 0 Å². The standard InChI is InChI=1S/C13H16N2S/c14-11(6-9-2-1-3-9)10-7-13-12(15-8-10)4-5-16-13/h4-5,7-9,11H,1-3,6,14H2. The summed E-state index contributed by atoms with van der Waals surface area (Å²) >= 11 is 1.74. The van der Waals surface area contributed by atoms with Crippen molar-refractivity contribution in [1.29, 1.82) is 0 Å². The normalized spacial score (nSPS) is 18.6. The average molecular weight is 232 g/mol. The van der Waals surface area contributed by atoms with Crippen molar-refractivity contribution >= 4 is 21.6 Å². The van der Waals surface area contributed by atoms with Crippen LogP contribution in [0.5, 0.6) is 0 Å². The van der Waals surface area contributed by atoms with Crippen molar-refractivity contribution < 1.29 is 0 Å². The summed E-state index contributed by atoms with van der Waals surface area (Å²) in [6.45, 7) is 0. The number of aromatic nitrogens is 1. The highest BCUT2D eigenvalue weighted by atomic mass is 32.1. The molecule has 1 atom stereocenters. The van der Waals surface area contributed by atoms with Gasteiger partial charge in [-0.05, 0) is 35.4 Å². The van der Waals surface area contributed by atoms with Crippen LogP contribution >= 0.6 is 11.3 Å². The van der Waals surface area contributed by atoms with Gasteiger partial charge in [-0.15, -0.1) is 11.3 Å². The van der Waals surface area contributed by atoms with Crippen LogP contribution in [0.15, 0.2) is 23.7 Å². The molecule has 84 valence electrons. The molecule has 1 aliphatic carbocycles. The molecule has 0 spiro atoms. The Kier molecular flexibility index (Phi) is 2.65. The lowest BCUT2D eigenvalue weighted by atomic mass is 9.80. The molecule has 1 saturated carbocycles. The highest BCUT2D eigenvalue weighted by Crippen LogP contribution is 2.34. The van der Waals surface area contributed by atoms with Gasteiger partial charge >= 0.3 is 0 Å². The molecule has 3 heteroatoms. The maximum Gasteiger partial charge on any atom is 0.0809 e. The molecular formula is C13H16N2S. The first-order chi connectivity index (χ1) is 7.83. The Bertz CT molecular complexity index is 487. The van der Waals surface area contributed by atoms with Gasteiger partial charge < -0.3 is 5.73 Å². The van der Waals surface area contributed by atoms with E-state index in [0.717, 1.165) is 17.9 Å². The molecule has 3 rings (SSSR count). The third kappa shape index (κ3) is 1.85. The molecule has 2 aromatic rings. The Labute approximate surface area is 99.5 Å². The minimum Gasteiger partial charge on any atom is -0.324 e. The van der Waals surface area contributed by atoms with Gasteiger partial charge in [-0.25, -0.2) is 0 Å². The van der Waals surface area contributed by atoms with Crippen LogP contribution in [0.2, 0.25) is 0 Å². The molecule has 2 N–H and O–H groups in total. The van der Waals surface area contributed by atoms with Gasteiger partial charge in [0.15, 0.2) is 0 Å². The summed E-state index contributed by atoms with van der Waals surface area (Å²) in [6.07, 6.45) is 7.18. The monoisotopic (exact) mass is 232 g/mol. The van der Waals surface area contributed by atoms with E-state index in [1.54, 1.807) is 11.3 Å². The first kappa shape index (κ1) is 10.2. The van der Waals surface area contributed by atoms with E-state index in [9.17, 15) is 0 Å². The topological polar surface area (TPSA) is 38.9 Å². The quantitative estimate of drug-likeness (QED) is 0.879. The lowest BCUT2D eigenvalue weighted by molar-refractivity contribution is 0.277. The summed E-state index contributed by atoms with van der Waals surface area (Å²) in [5, 5.41) is 2.08. The van der Waals surface area contributed by atoms with E-state index in [1.807, 2.05) is 6.20 Å². The second-order valence-electron chi connectivity index (χ2n) is 4.71. The Balaban J connectivity index is 1.80. The zero-order chi connectivity index (χ0) is 11.0. The number of pyridine rings is 1. The van der Waals surface area contributed by atoms with E-state index < -0.39 is 0 Å². The van der Waals surface area contributed by atoms with Gasteiger partial charge in [0.05, 0.1) is 10.2 Å². The Morgan fingerprint density at radius 3 is 3.12 bits per heavy atom. The van der Waals surface area contributed by atoms with Gasteiger partial charge in [0.2, 0.25) is 0 Å². The summed E-state index contributed by atoms with van der Waals surface area (Å²) < 4.78 is 1.25. The predicted octanol–water partition coefficient (Wildman–Crippen LogP) is 3.49. The number of hydrogen-bond acceptors (Lipinski definition) is 3. The van der Waals surface area contributed by atoms with Gasteiger partial charge in [-0.1, -0.05) is 19.3 Å². The van der Waals surface area contributed by atoms with Crippen LogP contribution < -0.4 is 5.73 Å². The summed E-state index contributed by atoms with van der Waals surface area (Å²) in [5.74, 6) is 0.856. The van der Waals surface area contributed by atoms with Crippen LogP contribution in [0.25, 0.3) is 10.2 Å². The maximum absolute atomic E-state index is 6.23. The number of hydrogen-bond donors (Lipinski definition) is 1. The lowest BCUT2D eigenvalue weighted by Gasteiger charge is -2.28. The summed E-state index contributed by atoms with van der Waals surface area (Å²) in [5.41, 5.74) is 8.51. The van der Waals surface area contributed by atoms with E-state index in [-0.39, 0.29) is 6.04 Å². The molecule has 0 amide bonds. The van der Waals surface area contributed by atoms with Crippen molar-refractivity contribution in [1.82, 2.24) is 4.98 Å². The van der Waals surface area contributed by atoms with E-state index in [4.69, 9.17) is 5.73 Å². The fourth-order valence-electron chi connectivity index (χ4n) is 2.29. The second kappa shape index (κ2) is 4.15. The largest absolute Gasteiger partial charge is 0.324 e. The first-order valence-corrected chi connectivity index (χ1v) is 6.79. The Hall–Kier alpha value is -0.930. The highest BCUT2D eigenvalue weighted by Gasteiger charge is 2.21. The predicted molar refractivity (Wildman–Crippen MR) is 68.5 cm³/mol.